The highest BCUT2D eigenvalue weighted by Crippen LogP contribution is 2.33. The molecule has 0 radical (unpaired) electrons. The molecule has 0 unspecified atom stereocenters. The van der Waals surface area contributed by atoms with Gasteiger partial charge in [0.05, 0.1) is 5.69 Å². The Labute approximate surface area is 120 Å². The third-order valence-electron chi connectivity index (χ3n) is 3.48. The van der Waals surface area contributed by atoms with Crippen LogP contribution >= 0.6 is 0 Å². The predicted molar refractivity (Wildman–Crippen MR) is 78.8 cm³/mol. The number of aromatic amines is 1. The fourth-order valence-electron chi connectivity index (χ4n) is 2.43. The van der Waals surface area contributed by atoms with Crippen LogP contribution in [0.15, 0.2) is 48.7 Å². The number of carbonyl (C=O) groups excluding carboxylic acids is 1. The summed E-state index contributed by atoms with van der Waals surface area (Å²) in [7, 11) is 0. The van der Waals surface area contributed by atoms with Crippen molar-refractivity contribution in [3.8, 4) is 11.5 Å². The number of amides is 1. The molecule has 5 heteroatoms. The summed E-state index contributed by atoms with van der Waals surface area (Å²) >= 11 is 0. The van der Waals surface area contributed by atoms with Gasteiger partial charge in [0.2, 0.25) is 6.79 Å². The summed E-state index contributed by atoms with van der Waals surface area (Å²) in [6.07, 6.45) is 1.85. The molecule has 21 heavy (non-hydrogen) atoms. The fourth-order valence-corrected chi connectivity index (χ4v) is 2.43. The van der Waals surface area contributed by atoms with Crippen molar-refractivity contribution in [2.24, 2.45) is 0 Å². The molecule has 104 valence electrons. The summed E-state index contributed by atoms with van der Waals surface area (Å²) in [5.41, 5.74) is 2.29. The van der Waals surface area contributed by atoms with Crippen molar-refractivity contribution in [1.82, 2.24) is 4.98 Å². The maximum atomic E-state index is 12.4. The number of hydrogen-bond acceptors (Lipinski definition) is 3. The van der Waals surface area contributed by atoms with Gasteiger partial charge in [-0.25, -0.2) is 0 Å². The first-order chi connectivity index (χ1) is 10.3. The number of rotatable bonds is 2. The second-order valence-corrected chi connectivity index (χ2v) is 4.77. The van der Waals surface area contributed by atoms with Crippen molar-refractivity contribution in [2.75, 3.05) is 12.1 Å². The van der Waals surface area contributed by atoms with Gasteiger partial charge in [0, 0.05) is 22.7 Å². The molecule has 0 bridgehead atoms. The quantitative estimate of drug-likeness (QED) is 0.758. The van der Waals surface area contributed by atoms with Crippen LogP contribution in [0.25, 0.3) is 10.9 Å². The van der Waals surface area contributed by atoms with E-state index in [1.807, 2.05) is 30.5 Å². The number of anilines is 1. The molecule has 0 fully saturated rings. The Morgan fingerprint density at radius 3 is 2.95 bits per heavy atom. The Morgan fingerprint density at radius 1 is 1.10 bits per heavy atom. The van der Waals surface area contributed by atoms with Crippen LogP contribution in [-0.2, 0) is 0 Å². The van der Waals surface area contributed by atoms with E-state index in [1.54, 1.807) is 18.2 Å². The van der Waals surface area contributed by atoms with Crippen molar-refractivity contribution in [3.63, 3.8) is 0 Å². The molecule has 0 aliphatic carbocycles. The molecule has 2 heterocycles. The van der Waals surface area contributed by atoms with Gasteiger partial charge in [-0.2, -0.15) is 0 Å². The molecule has 1 aliphatic heterocycles. The van der Waals surface area contributed by atoms with E-state index in [9.17, 15) is 4.79 Å². The first-order valence-corrected chi connectivity index (χ1v) is 6.58. The summed E-state index contributed by atoms with van der Waals surface area (Å²) in [6.45, 7) is 0.197. The van der Waals surface area contributed by atoms with E-state index in [0.29, 0.717) is 17.1 Å². The molecular weight excluding hydrogens is 268 g/mol. The summed E-state index contributed by atoms with van der Waals surface area (Å²) in [5, 5.41) is 3.90. The molecular formula is C16H12N2O3. The average molecular weight is 280 g/mol. The van der Waals surface area contributed by atoms with Crippen molar-refractivity contribution in [2.45, 2.75) is 0 Å². The molecule has 1 aromatic heterocycles. The van der Waals surface area contributed by atoms with E-state index in [-0.39, 0.29) is 12.7 Å². The Morgan fingerprint density at radius 2 is 2.00 bits per heavy atom. The summed E-state index contributed by atoms with van der Waals surface area (Å²) < 4.78 is 10.5. The van der Waals surface area contributed by atoms with E-state index >= 15 is 0 Å². The number of H-pyrrole nitrogens is 1. The molecule has 4 rings (SSSR count). The Hall–Kier alpha value is -2.95. The van der Waals surface area contributed by atoms with Crippen molar-refractivity contribution >= 4 is 22.5 Å². The average Bonchev–Trinajstić information content (AvgIpc) is 3.15. The van der Waals surface area contributed by atoms with Gasteiger partial charge in [0.1, 0.15) is 0 Å². The molecule has 1 aliphatic rings. The van der Waals surface area contributed by atoms with Crippen LogP contribution in [0.4, 0.5) is 5.69 Å². The molecule has 2 N–H and O–H groups in total. The second kappa shape index (κ2) is 4.56. The first-order valence-electron chi connectivity index (χ1n) is 6.58. The van der Waals surface area contributed by atoms with Crippen molar-refractivity contribution < 1.29 is 14.3 Å². The standard InChI is InChI=1S/C16H12N2O3/c19-16(10-4-5-14-15(8-10)21-9-20-14)18-13-3-1-2-12-11(13)6-7-17-12/h1-8,17H,9H2,(H,18,19). The maximum absolute atomic E-state index is 12.4. The fraction of sp³-hybridized carbons (Fsp3) is 0.0625. The molecule has 0 saturated heterocycles. The van der Waals surface area contributed by atoms with Crippen molar-refractivity contribution in [1.29, 1.82) is 0 Å². The zero-order valence-electron chi connectivity index (χ0n) is 11.1. The number of nitrogens with one attached hydrogen (secondary N) is 2. The van der Waals surface area contributed by atoms with Crippen LogP contribution in [0.2, 0.25) is 0 Å². The molecule has 2 aromatic carbocycles. The van der Waals surface area contributed by atoms with Gasteiger partial charge in [-0.1, -0.05) is 6.07 Å². The lowest BCUT2D eigenvalue weighted by molar-refractivity contribution is 0.102. The number of carbonyl (C=O) groups is 1. The van der Waals surface area contributed by atoms with Gasteiger partial charge in [-0.05, 0) is 36.4 Å². The first kappa shape index (κ1) is 11.8. The predicted octanol–water partition coefficient (Wildman–Crippen LogP) is 3.15. The molecule has 1 amide bonds. The number of fused-ring (bicyclic) bond motifs is 2. The highest BCUT2D eigenvalue weighted by molar-refractivity contribution is 6.09. The van der Waals surface area contributed by atoms with Gasteiger partial charge in [-0.15, -0.1) is 0 Å². The van der Waals surface area contributed by atoms with Crippen LogP contribution < -0.4 is 14.8 Å². The highest BCUT2D eigenvalue weighted by atomic mass is 16.7. The lowest BCUT2D eigenvalue weighted by atomic mass is 10.1. The van der Waals surface area contributed by atoms with Crippen LogP contribution in [0.5, 0.6) is 11.5 Å². The van der Waals surface area contributed by atoms with Crippen LogP contribution in [-0.4, -0.2) is 17.7 Å². The SMILES string of the molecule is O=C(Nc1cccc2[nH]ccc12)c1ccc2c(c1)OCO2. The molecule has 5 nitrogen and oxygen atoms in total. The molecule has 0 atom stereocenters. The maximum Gasteiger partial charge on any atom is 0.255 e. The monoisotopic (exact) mass is 280 g/mol. The lowest BCUT2D eigenvalue weighted by Crippen LogP contribution is -2.11. The van der Waals surface area contributed by atoms with E-state index < -0.39 is 0 Å². The smallest absolute Gasteiger partial charge is 0.255 e. The zero-order chi connectivity index (χ0) is 14.2. The van der Waals surface area contributed by atoms with Gasteiger partial charge in [0.15, 0.2) is 11.5 Å². The van der Waals surface area contributed by atoms with E-state index in [1.165, 1.54) is 0 Å². The minimum absolute atomic E-state index is 0.179. The van der Waals surface area contributed by atoms with E-state index in [4.69, 9.17) is 9.47 Å². The number of benzene rings is 2. The molecule has 0 saturated carbocycles. The number of aromatic nitrogens is 1. The second-order valence-electron chi connectivity index (χ2n) is 4.77. The largest absolute Gasteiger partial charge is 0.454 e. The van der Waals surface area contributed by atoms with Gasteiger partial charge in [0.25, 0.3) is 5.91 Å². The zero-order valence-corrected chi connectivity index (χ0v) is 11.1. The molecule has 0 spiro atoms. The lowest BCUT2D eigenvalue weighted by Gasteiger charge is -2.07. The summed E-state index contributed by atoms with van der Waals surface area (Å²) in [5.74, 6) is 1.09. The van der Waals surface area contributed by atoms with Crippen LogP contribution in [0.3, 0.4) is 0 Å². The minimum atomic E-state index is -0.179. The Bertz CT molecular complexity index is 838. The third kappa shape index (κ3) is 1.99. The highest BCUT2D eigenvalue weighted by Gasteiger charge is 2.16. The Balaban J connectivity index is 1.65. The van der Waals surface area contributed by atoms with Crippen LogP contribution in [0, 0.1) is 0 Å². The third-order valence-corrected chi connectivity index (χ3v) is 3.48. The Kier molecular flexibility index (Phi) is 2.57. The van der Waals surface area contributed by atoms with Gasteiger partial charge in [-0.3, -0.25) is 4.79 Å². The van der Waals surface area contributed by atoms with Gasteiger partial charge >= 0.3 is 0 Å². The van der Waals surface area contributed by atoms with Crippen molar-refractivity contribution in [3.05, 3.63) is 54.2 Å². The normalized spacial score (nSPS) is 12.6. The number of ether oxygens (including phenoxy) is 2. The van der Waals surface area contributed by atoms with E-state index in [2.05, 4.69) is 10.3 Å². The van der Waals surface area contributed by atoms with Crippen LogP contribution in [0.1, 0.15) is 10.4 Å². The topological polar surface area (TPSA) is 63.4 Å². The summed E-state index contributed by atoms with van der Waals surface area (Å²) in [6, 6.07) is 12.8. The minimum Gasteiger partial charge on any atom is -0.454 e. The number of hydrogen-bond donors (Lipinski definition) is 2. The van der Waals surface area contributed by atoms with Gasteiger partial charge < -0.3 is 19.8 Å². The summed E-state index contributed by atoms with van der Waals surface area (Å²) in [4.78, 5) is 15.5. The molecule has 3 aromatic rings. The van der Waals surface area contributed by atoms with E-state index in [0.717, 1.165) is 16.6 Å².